The molecule has 1 aromatic heterocycles. The Hall–Kier alpha value is -1.62. The van der Waals surface area contributed by atoms with E-state index in [1.54, 1.807) is 6.92 Å². The Kier molecular flexibility index (Phi) is 4.28. The van der Waals surface area contributed by atoms with Gasteiger partial charge in [0, 0.05) is 9.86 Å². The van der Waals surface area contributed by atoms with Crippen molar-refractivity contribution in [3.63, 3.8) is 0 Å². The van der Waals surface area contributed by atoms with E-state index in [0.29, 0.717) is 17.8 Å². The second kappa shape index (κ2) is 5.79. The molecule has 0 saturated carbocycles. The first-order valence-corrected chi connectivity index (χ1v) is 7.26. The van der Waals surface area contributed by atoms with Gasteiger partial charge in [-0.2, -0.15) is 0 Å². The number of H-pyrrole nitrogens is 1. The van der Waals surface area contributed by atoms with Crippen LogP contribution < -0.4 is 0 Å². The second-order valence-corrected chi connectivity index (χ2v) is 5.69. The number of hydrogen-bond donors (Lipinski definition) is 1. The number of ether oxygens (including phenoxy) is 1. The molecule has 0 fully saturated rings. The lowest BCUT2D eigenvalue weighted by atomic mass is 10.0. The summed E-state index contributed by atoms with van der Waals surface area (Å²) in [5, 5.41) is 0.737. The summed E-state index contributed by atoms with van der Waals surface area (Å²) in [5.41, 5.74) is 2.39. The van der Waals surface area contributed by atoms with Crippen molar-refractivity contribution in [2.24, 2.45) is 0 Å². The van der Waals surface area contributed by atoms with Gasteiger partial charge >= 0.3 is 5.97 Å². The first-order chi connectivity index (χ1) is 9.49. The van der Waals surface area contributed by atoms with E-state index in [2.05, 4.69) is 34.8 Å². The average molecular weight is 338 g/mol. The Morgan fingerprint density at radius 1 is 1.45 bits per heavy atom. The fraction of sp³-hybridized carbons (Fsp3) is 0.333. The number of carbonyl (C=O) groups is 2. The molecule has 0 radical (unpaired) electrons. The summed E-state index contributed by atoms with van der Waals surface area (Å²) in [6.07, 6.45) is 0.696. The number of aromatic amines is 1. The molecule has 106 valence electrons. The first kappa shape index (κ1) is 14.8. The third-order valence-corrected chi connectivity index (χ3v) is 3.81. The highest BCUT2D eigenvalue weighted by atomic mass is 79.9. The van der Waals surface area contributed by atoms with Crippen LogP contribution in [0.3, 0.4) is 0 Å². The number of nitrogens with one attached hydrogen (secondary N) is 1. The highest BCUT2D eigenvalue weighted by Crippen LogP contribution is 2.32. The van der Waals surface area contributed by atoms with Crippen molar-refractivity contribution in [3.05, 3.63) is 33.4 Å². The molecule has 4 nitrogen and oxygen atoms in total. The summed E-state index contributed by atoms with van der Waals surface area (Å²) in [6, 6.07) is 3.93. The number of fused-ring (bicyclic) bond motifs is 1. The molecule has 20 heavy (non-hydrogen) atoms. The van der Waals surface area contributed by atoms with Crippen LogP contribution in [0.4, 0.5) is 0 Å². The van der Waals surface area contributed by atoms with E-state index in [1.807, 2.05) is 12.1 Å². The molecule has 0 amide bonds. The molecule has 0 bridgehead atoms. The molecule has 2 rings (SSSR count). The highest BCUT2D eigenvalue weighted by molar-refractivity contribution is 9.10. The molecule has 1 aromatic carbocycles. The van der Waals surface area contributed by atoms with Crippen LogP contribution in [0.15, 0.2) is 16.6 Å². The Labute approximate surface area is 125 Å². The Morgan fingerprint density at radius 3 is 2.70 bits per heavy atom. The van der Waals surface area contributed by atoms with Crippen molar-refractivity contribution in [1.29, 1.82) is 0 Å². The van der Waals surface area contributed by atoms with E-state index in [-0.39, 0.29) is 12.3 Å². The molecule has 0 aliphatic heterocycles. The maximum atomic E-state index is 11.9. The van der Waals surface area contributed by atoms with Crippen LogP contribution in [-0.4, -0.2) is 23.8 Å². The van der Waals surface area contributed by atoms with Gasteiger partial charge in [0.05, 0.1) is 17.7 Å². The fourth-order valence-electron chi connectivity index (χ4n) is 2.11. The topological polar surface area (TPSA) is 59.2 Å². The fourth-order valence-corrected chi connectivity index (χ4v) is 2.69. The van der Waals surface area contributed by atoms with Crippen LogP contribution in [0, 0.1) is 0 Å². The third-order valence-electron chi connectivity index (χ3n) is 3.19. The molecule has 0 saturated heterocycles. The number of hydrogen-bond acceptors (Lipinski definition) is 3. The molecule has 2 aromatic rings. The van der Waals surface area contributed by atoms with E-state index in [9.17, 15) is 9.59 Å². The van der Waals surface area contributed by atoms with E-state index in [1.165, 1.54) is 0 Å². The molecule has 0 aliphatic rings. The van der Waals surface area contributed by atoms with Crippen molar-refractivity contribution >= 4 is 39.1 Å². The van der Waals surface area contributed by atoms with Gasteiger partial charge in [0.1, 0.15) is 5.69 Å². The Balaban J connectivity index is 2.71. The minimum absolute atomic E-state index is 0.207. The Bertz CT molecular complexity index is 673. The lowest BCUT2D eigenvalue weighted by molar-refractivity contribution is 0.0518. The van der Waals surface area contributed by atoms with Gasteiger partial charge in [0.25, 0.3) is 0 Å². The standard InChI is InChI=1S/C15H16BrNO3/c1-4-20-15(19)14-11(7-18)10-5-9(8(2)3)6-12(16)13(10)17-14/h5-8,17H,4H2,1-3H3. The quantitative estimate of drug-likeness (QED) is 0.676. The molecule has 1 heterocycles. The number of halogens is 1. The number of aromatic nitrogens is 1. The van der Waals surface area contributed by atoms with Gasteiger partial charge < -0.3 is 9.72 Å². The summed E-state index contributed by atoms with van der Waals surface area (Å²) in [5.74, 6) is -0.181. The van der Waals surface area contributed by atoms with Crippen LogP contribution in [-0.2, 0) is 4.74 Å². The van der Waals surface area contributed by atoms with Crippen molar-refractivity contribution in [2.75, 3.05) is 6.61 Å². The first-order valence-electron chi connectivity index (χ1n) is 6.47. The molecule has 5 heteroatoms. The van der Waals surface area contributed by atoms with E-state index in [0.717, 1.165) is 20.9 Å². The van der Waals surface area contributed by atoms with Gasteiger partial charge in [-0.3, -0.25) is 4.79 Å². The van der Waals surface area contributed by atoms with Crippen molar-refractivity contribution in [3.8, 4) is 0 Å². The molecular weight excluding hydrogens is 322 g/mol. The van der Waals surface area contributed by atoms with E-state index < -0.39 is 5.97 Å². The zero-order chi connectivity index (χ0) is 14.9. The molecule has 0 aliphatic carbocycles. The number of esters is 1. The third kappa shape index (κ3) is 2.50. The summed E-state index contributed by atoms with van der Waals surface area (Å²) in [6.45, 7) is 6.15. The van der Waals surface area contributed by atoms with Gasteiger partial charge in [0.2, 0.25) is 0 Å². The monoisotopic (exact) mass is 337 g/mol. The van der Waals surface area contributed by atoms with Gasteiger partial charge in [-0.25, -0.2) is 4.79 Å². The summed E-state index contributed by atoms with van der Waals surface area (Å²) in [7, 11) is 0. The maximum absolute atomic E-state index is 11.9. The molecule has 0 unspecified atom stereocenters. The number of aldehydes is 1. The molecular formula is C15H16BrNO3. The van der Waals surface area contributed by atoms with Gasteiger partial charge in [-0.05, 0) is 46.5 Å². The minimum Gasteiger partial charge on any atom is -0.461 e. The normalized spacial score (nSPS) is 11.1. The highest BCUT2D eigenvalue weighted by Gasteiger charge is 2.20. The van der Waals surface area contributed by atoms with Crippen molar-refractivity contribution in [2.45, 2.75) is 26.7 Å². The van der Waals surface area contributed by atoms with Gasteiger partial charge in [-0.1, -0.05) is 13.8 Å². The second-order valence-electron chi connectivity index (χ2n) is 4.83. The molecule has 1 N–H and O–H groups in total. The predicted molar refractivity (Wildman–Crippen MR) is 81.4 cm³/mol. The van der Waals surface area contributed by atoms with E-state index in [4.69, 9.17) is 4.74 Å². The van der Waals surface area contributed by atoms with Gasteiger partial charge in [-0.15, -0.1) is 0 Å². The number of rotatable bonds is 4. The lowest BCUT2D eigenvalue weighted by Gasteiger charge is -2.06. The van der Waals surface area contributed by atoms with E-state index >= 15 is 0 Å². The van der Waals surface area contributed by atoms with Crippen LogP contribution >= 0.6 is 15.9 Å². The van der Waals surface area contributed by atoms with Crippen molar-refractivity contribution < 1.29 is 14.3 Å². The largest absolute Gasteiger partial charge is 0.461 e. The minimum atomic E-state index is -0.510. The molecule has 0 spiro atoms. The zero-order valence-corrected chi connectivity index (χ0v) is 13.2. The number of benzene rings is 1. The van der Waals surface area contributed by atoms with Crippen LogP contribution in [0.25, 0.3) is 10.9 Å². The average Bonchev–Trinajstić information content (AvgIpc) is 2.78. The maximum Gasteiger partial charge on any atom is 0.355 e. The predicted octanol–water partition coefficient (Wildman–Crippen LogP) is 4.04. The zero-order valence-electron chi connectivity index (χ0n) is 11.6. The Morgan fingerprint density at radius 2 is 2.15 bits per heavy atom. The summed E-state index contributed by atoms with van der Waals surface area (Å²) < 4.78 is 5.80. The SMILES string of the molecule is CCOC(=O)c1[nH]c2c(Br)cc(C(C)C)cc2c1C=O. The smallest absolute Gasteiger partial charge is 0.355 e. The lowest BCUT2D eigenvalue weighted by Crippen LogP contribution is -2.07. The summed E-state index contributed by atoms with van der Waals surface area (Å²) in [4.78, 5) is 26.2. The van der Waals surface area contributed by atoms with Gasteiger partial charge in [0.15, 0.2) is 6.29 Å². The van der Waals surface area contributed by atoms with Crippen LogP contribution in [0.1, 0.15) is 53.1 Å². The van der Waals surface area contributed by atoms with Crippen LogP contribution in [0.2, 0.25) is 0 Å². The summed E-state index contributed by atoms with van der Waals surface area (Å²) >= 11 is 3.48. The van der Waals surface area contributed by atoms with Crippen LogP contribution in [0.5, 0.6) is 0 Å². The number of carbonyl (C=O) groups excluding carboxylic acids is 2. The van der Waals surface area contributed by atoms with Crippen molar-refractivity contribution in [1.82, 2.24) is 4.98 Å². The molecule has 0 atom stereocenters.